The molecule has 2 aliphatic rings. The van der Waals surface area contributed by atoms with E-state index in [2.05, 4.69) is 20.3 Å². The maximum absolute atomic E-state index is 13.3. The number of benzene rings is 2. The number of carbonyl (C=O) groups excluding carboxylic acids is 1. The van der Waals surface area contributed by atoms with Crippen LogP contribution >= 0.6 is 0 Å². The van der Waals surface area contributed by atoms with Gasteiger partial charge < -0.3 is 4.84 Å². The quantitative estimate of drug-likeness (QED) is 0.417. The average molecular weight is 451 g/mol. The topological polar surface area (TPSA) is 76.3 Å². The van der Waals surface area contributed by atoms with Crippen molar-refractivity contribution in [1.29, 1.82) is 0 Å². The van der Waals surface area contributed by atoms with E-state index in [9.17, 15) is 4.79 Å². The first-order valence-corrected chi connectivity index (χ1v) is 11.5. The van der Waals surface area contributed by atoms with E-state index >= 15 is 0 Å². The molecule has 6 heteroatoms. The Morgan fingerprint density at radius 1 is 1.09 bits per heavy atom. The largest absolute Gasteiger partial charge is 0.387 e. The first kappa shape index (κ1) is 21.9. The van der Waals surface area contributed by atoms with E-state index in [-0.39, 0.29) is 17.8 Å². The molecule has 1 unspecified atom stereocenters. The smallest absolute Gasteiger partial charge is 0.163 e. The van der Waals surface area contributed by atoms with E-state index in [0.717, 1.165) is 39.4 Å². The molecule has 0 saturated carbocycles. The molecular weight excluding hydrogens is 424 g/mol. The second-order valence-corrected chi connectivity index (χ2v) is 8.89. The lowest BCUT2D eigenvalue weighted by molar-refractivity contribution is 0.0857. The predicted molar refractivity (Wildman–Crippen MR) is 134 cm³/mol. The summed E-state index contributed by atoms with van der Waals surface area (Å²) in [6.45, 7) is 4.03. The van der Waals surface area contributed by atoms with E-state index in [1.807, 2.05) is 80.7 Å². The van der Waals surface area contributed by atoms with Gasteiger partial charge >= 0.3 is 0 Å². The Kier molecular flexibility index (Phi) is 6.12. The first-order chi connectivity index (χ1) is 16.6. The zero-order valence-corrected chi connectivity index (χ0v) is 19.3. The highest BCUT2D eigenvalue weighted by atomic mass is 16.6. The molecule has 6 nitrogen and oxygen atoms in total. The van der Waals surface area contributed by atoms with Gasteiger partial charge in [0.25, 0.3) is 0 Å². The molecule has 2 aromatic carbocycles. The molecule has 34 heavy (non-hydrogen) atoms. The second-order valence-electron chi connectivity index (χ2n) is 8.89. The molecule has 170 valence electrons. The molecule has 0 fully saturated rings. The van der Waals surface area contributed by atoms with Crippen LogP contribution in [0.4, 0.5) is 0 Å². The number of ketones is 1. The summed E-state index contributed by atoms with van der Waals surface area (Å²) in [6, 6.07) is 20.0. The number of oxime groups is 1. The predicted octanol–water partition coefficient (Wildman–Crippen LogP) is 5.96. The van der Waals surface area contributed by atoms with E-state index < -0.39 is 0 Å². The number of hydrogen-bond acceptors (Lipinski definition) is 6. The van der Waals surface area contributed by atoms with Gasteiger partial charge in [-0.15, -0.1) is 0 Å². The lowest BCUT2D eigenvalue weighted by atomic mass is 9.91. The molecule has 0 N–H and O–H groups in total. The zero-order valence-electron chi connectivity index (χ0n) is 19.3. The molecule has 0 spiro atoms. The van der Waals surface area contributed by atoms with Gasteiger partial charge in [-0.2, -0.15) is 10.2 Å². The van der Waals surface area contributed by atoms with Crippen molar-refractivity contribution in [2.24, 2.45) is 21.3 Å². The molecule has 0 amide bonds. The van der Waals surface area contributed by atoms with Crippen LogP contribution in [0.5, 0.6) is 0 Å². The van der Waals surface area contributed by atoms with Gasteiger partial charge in [0.15, 0.2) is 11.9 Å². The van der Waals surface area contributed by atoms with Crippen molar-refractivity contribution in [2.75, 3.05) is 0 Å². The molecule has 5 rings (SSSR count). The molecule has 2 atom stereocenters. The van der Waals surface area contributed by atoms with Crippen molar-refractivity contribution in [3.05, 3.63) is 89.1 Å². The summed E-state index contributed by atoms with van der Waals surface area (Å²) in [7, 11) is 0. The average Bonchev–Trinajstić information content (AvgIpc) is 3.58. The van der Waals surface area contributed by atoms with E-state index in [0.29, 0.717) is 24.8 Å². The number of hydrogen-bond donors (Lipinski definition) is 0. The summed E-state index contributed by atoms with van der Waals surface area (Å²) in [5.41, 5.74) is 7.19. The molecule has 2 aliphatic heterocycles. The molecule has 0 radical (unpaired) electrons. The Hall–Kier alpha value is -3.93. The van der Waals surface area contributed by atoms with Gasteiger partial charge in [0.05, 0.1) is 11.4 Å². The highest BCUT2D eigenvalue weighted by molar-refractivity contribution is 6.07. The van der Waals surface area contributed by atoms with Crippen LogP contribution in [0, 0.1) is 12.8 Å². The number of Topliss-reactive ketones (excluding diaryl/α,β-unsaturated/α-hetero) is 1. The van der Waals surface area contributed by atoms with Crippen molar-refractivity contribution >= 4 is 23.4 Å². The van der Waals surface area contributed by atoms with E-state index in [1.54, 1.807) is 6.21 Å². The minimum absolute atomic E-state index is 0.0363. The van der Waals surface area contributed by atoms with Gasteiger partial charge in [0.1, 0.15) is 0 Å². The fourth-order valence-electron chi connectivity index (χ4n) is 4.24. The van der Waals surface area contributed by atoms with Crippen molar-refractivity contribution in [3.8, 4) is 11.3 Å². The molecule has 0 aliphatic carbocycles. The molecular formula is C28H26N4O2. The third-order valence-corrected chi connectivity index (χ3v) is 6.26. The van der Waals surface area contributed by atoms with E-state index in [1.165, 1.54) is 0 Å². The summed E-state index contributed by atoms with van der Waals surface area (Å²) in [6.07, 6.45) is 5.22. The third-order valence-electron chi connectivity index (χ3n) is 6.26. The first-order valence-electron chi connectivity index (χ1n) is 11.5. The number of rotatable bonds is 7. The van der Waals surface area contributed by atoms with Crippen LogP contribution in [0.2, 0.25) is 0 Å². The van der Waals surface area contributed by atoms with Crippen molar-refractivity contribution in [3.63, 3.8) is 0 Å². The molecule has 1 aromatic heterocycles. The fraction of sp³-hybridized carbons (Fsp3) is 0.250. The summed E-state index contributed by atoms with van der Waals surface area (Å²) in [5, 5.41) is 12.5. The van der Waals surface area contributed by atoms with Gasteiger partial charge in [-0.3, -0.25) is 9.78 Å². The molecule has 3 aromatic rings. The molecule has 0 bridgehead atoms. The lowest BCUT2D eigenvalue weighted by Gasteiger charge is -2.12. The Morgan fingerprint density at radius 3 is 2.65 bits per heavy atom. The minimum Gasteiger partial charge on any atom is -0.387 e. The van der Waals surface area contributed by atoms with Crippen LogP contribution in [0.15, 0.2) is 82.2 Å². The summed E-state index contributed by atoms with van der Waals surface area (Å²) < 4.78 is 0. The summed E-state index contributed by atoms with van der Waals surface area (Å²) >= 11 is 0. The van der Waals surface area contributed by atoms with Crippen LogP contribution in [0.1, 0.15) is 59.3 Å². The van der Waals surface area contributed by atoms with Gasteiger partial charge in [-0.05, 0) is 42.3 Å². The molecule has 0 saturated heterocycles. The summed E-state index contributed by atoms with van der Waals surface area (Å²) in [5.74, 6) is 0.102. The van der Waals surface area contributed by atoms with E-state index in [4.69, 9.17) is 4.84 Å². The normalized spacial score (nSPS) is 17.8. The summed E-state index contributed by atoms with van der Waals surface area (Å²) in [4.78, 5) is 23.7. The molecule has 3 heterocycles. The minimum atomic E-state index is -0.128. The number of carbonyl (C=O) groups is 1. The number of pyridine rings is 1. The van der Waals surface area contributed by atoms with Crippen molar-refractivity contribution < 1.29 is 9.63 Å². The second kappa shape index (κ2) is 9.51. The van der Waals surface area contributed by atoms with Crippen LogP contribution in [0.3, 0.4) is 0 Å². The van der Waals surface area contributed by atoms with Crippen molar-refractivity contribution in [1.82, 2.24) is 4.98 Å². The fourth-order valence-corrected chi connectivity index (χ4v) is 4.24. The van der Waals surface area contributed by atoms with Crippen molar-refractivity contribution in [2.45, 2.75) is 39.2 Å². The number of aromatic nitrogens is 1. The monoisotopic (exact) mass is 450 g/mol. The zero-order chi connectivity index (χ0) is 23.5. The number of nitrogens with zero attached hydrogens (tertiary/aromatic N) is 4. The van der Waals surface area contributed by atoms with Crippen LogP contribution in [-0.4, -0.2) is 28.4 Å². The van der Waals surface area contributed by atoms with Gasteiger partial charge in [0, 0.05) is 60.0 Å². The lowest BCUT2D eigenvalue weighted by Crippen LogP contribution is -2.15. The highest BCUT2D eigenvalue weighted by Gasteiger charge is 2.25. The standard InChI is InChI=1S/C28H26N4O2/c1-18-8-9-25(29-17-18)21-13-22(26-16-28(34-32-26)20-6-4-3-5-7-20)15-23(14-21)27(33)12-19(2)24-10-11-30-31-24/h3-9,11,13-15,17,19,28H,10,12,16H2,1-2H3/t19-,28?/m0/s1. The van der Waals surface area contributed by atoms with Gasteiger partial charge in [-0.25, -0.2) is 0 Å². The number of aryl methyl sites for hydroxylation is 1. The van der Waals surface area contributed by atoms with Gasteiger partial charge in [-0.1, -0.05) is 48.5 Å². The highest BCUT2D eigenvalue weighted by Crippen LogP contribution is 2.31. The van der Waals surface area contributed by atoms with Crippen LogP contribution < -0.4 is 0 Å². The Balaban J connectivity index is 1.45. The third kappa shape index (κ3) is 4.71. The SMILES string of the molecule is Cc1ccc(-c2cc(C(=O)C[C@H](C)C3=NN=CC3)cc(C3=NOC(c4ccccc4)C3)c2)nc1. The van der Waals surface area contributed by atoms with Crippen LogP contribution in [-0.2, 0) is 4.84 Å². The maximum Gasteiger partial charge on any atom is 0.163 e. The Bertz CT molecular complexity index is 1290. The Labute approximate surface area is 199 Å². The maximum atomic E-state index is 13.3. The Morgan fingerprint density at radius 2 is 1.91 bits per heavy atom. The van der Waals surface area contributed by atoms with Gasteiger partial charge in [0.2, 0.25) is 0 Å². The van der Waals surface area contributed by atoms with Crippen LogP contribution in [0.25, 0.3) is 11.3 Å².